The third kappa shape index (κ3) is 3.39. The number of halogens is 3. The number of aromatic nitrogens is 2. The number of benzene rings is 1. The summed E-state index contributed by atoms with van der Waals surface area (Å²) in [5.41, 5.74) is 0.127. The van der Waals surface area contributed by atoms with E-state index in [1.54, 1.807) is 11.1 Å². The quantitative estimate of drug-likeness (QED) is 0.899. The van der Waals surface area contributed by atoms with E-state index < -0.39 is 17.8 Å². The van der Waals surface area contributed by atoms with Gasteiger partial charge in [-0.25, -0.2) is 9.78 Å². The van der Waals surface area contributed by atoms with Gasteiger partial charge in [0.05, 0.1) is 37.9 Å². The maximum absolute atomic E-state index is 13.6. The average Bonchev–Trinajstić information content (AvgIpc) is 3.12. The van der Waals surface area contributed by atoms with E-state index in [-0.39, 0.29) is 23.7 Å². The van der Waals surface area contributed by atoms with Crippen LogP contribution in [0.1, 0.15) is 11.3 Å². The Balaban J connectivity index is 2.09. The number of hydrogen-bond acceptors (Lipinski definition) is 5. The number of nitrogens with zero attached hydrogens (tertiary/aromatic N) is 3. The van der Waals surface area contributed by atoms with E-state index >= 15 is 0 Å². The molecule has 3 rings (SSSR count). The highest BCUT2D eigenvalue weighted by atomic mass is 19.4. The highest BCUT2D eigenvalue weighted by molar-refractivity contribution is 5.89. The van der Waals surface area contributed by atoms with Gasteiger partial charge >= 0.3 is 12.3 Å². The Morgan fingerprint density at radius 3 is 2.85 bits per heavy atom. The van der Waals surface area contributed by atoms with Crippen LogP contribution in [0.4, 0.5) is 29.3 Å². The van der Waals surface area contributed by atoms with Gasteiger partial charge in [0.15, 0.2) is 5.75 Å². The van der Waals surface area contributed by atoms with Gasteiger partial charge in [-0.15, -0.1) is 0 Å². The number of aromatic amines is 1. The zero-order valence-electron chi connectivity index (χ0n) is 14.1. The Morgan fingerprint density at radius 2 is 2.23 bits per heavy atom. The van der Waals surface area contributed by atoms with Crippen LogP contribution in [0, 0.1) is 0 Å². The molecule has 140 valence electrons. The van der Waals surface area contributed by atoms with Crippen LogP contribution in [0.2, 0.25) is 0 Å². The number of fused-ring (bicyclic) bond motifs is 1. The molecule has 10 heteroatoms. The first-order valence-electron chi connectivity index (χ1n) is 7.73. The van der Waals surface area contributed by atoms with E-state index in [0.29, 0.717) is 13.1 Å². The second-order valence-electron chi connectivity index (χ2n) is 5.72. The van der Waals surface area contributed by atoms with Gasteiger partial charge < -0.3 is 19.4 Å². The predicted octanol–water partition coefficient (Wildman–Crippen LogP) is 3.03. The summed E-state index contributed by atoms with van der Waals surface area (Å²) in [6.07, 6.45) is -2.30. The van der Waals surface area contributed by atoms with Gasteiger partial charge in [0.1, 0.15) is 12.2 Å². The largest absolute Gasteiger partial charge is 0.489 e. The van der Waals surface area contributed by atoms with E-state index in [2.05, 4.69) is 14.7 Å². The van der Waals surface area contributed by atoms with Crippen molar-refractivity contribution < 1.29 is 27.4 Å². The summed E-state index contributed by atoms with van der Waals surface area (Å²) in [6, 6.07) is 2.37. The number of ether oxygens (including phenoxy) is 2. The van der Waals surface area contributed by atoms with Gasteiger partial charge in [-0.1, -0.05) is 0 Å². The number of nitrogens with one attached hydrogen (secondary N) is 1. The molecule has 0 saturated heterocycles. The molecule has 7 nitrogen and oxygen atoms in total. The molecule has 0 aliphatic carbocycles. The Morgan fingerprint density at radius 1 is 1.46 bits per heavy atom. The van der Waals surface area contributed by atoms with Crippen LogP contribution >= 0.6 is 0 Å². The molecule has 0 spiro atoms. The van der Waals surface area contributed by atoms with E-state index in [4.69, 9.17) is 4.74 Å². The highest BCUT2D eigenvalue weighted by Crippen LogP contribution is 2.46. The van der Waals surface area contributed by atoms with Crippen molar-refractivity contribution in [3.8, 4) is 5.75 Å². The van der Waals surface area contributed by atoms with Crippen molar-refractivity contribution in [3.05, 3.63) is 35.9 Å². The molecule has 0 radical (unpaired) electrons. The average molecular weight is 370 g/mol. The summed E-state index contributed by atoms with van der Waals surface area (Å²) in [6.45, 7) is 0.851. The number of anilines is 2. The molecule has 0 fully saturated rings. The van der Waals surface area contributed by atoms with Crippen LogP contribution < -0.4 is 14.5 Å². The summed E-state index contributed by atoms with van der Waals surface area (Å²) < 4.78 is 50.6. The molecule has 0 bridgehead atoms. The Bertz CT molecular complexity index is 793. The Kier molecular flexibility index (Phi) is 4.66. The van der Waals surface area contributed by atoms with Crippen LogP contribution in [-0.2, 0) is 17.5 Å². The van der Waals surface area contributed by atoms with Crippen molar-refractivity contribution in [2.24, 2.45) is 0 Å². The fourth-order valence-electron chi connectivity index (χ4n) is 2.75. The lowest BCUT2D eigenvalue weighted by molar-refractivity contribution is -0.138. The summed E-state index contributed by atoms with van der Waals surface area (Å²) in [5, 5.41) is 0. The van der Waals surface area contributed by atoms with Crippen molar-refractivity contribution in [2.75, 3.05) is 37.1 Å². The molecule has 1 N–H and O–H groups in total. The van der Waals surface area contributed by atoms with Crippen LogP contribution in [0.15, 0.2) is 24.7 Å². The van der Waals surface area contributed by atoms with Crippen LogP contribution in [0.5, 0.6) is 5.75 Å². The van der Waals surface area contributed by atoms with Crippen LogP contribution in [0.3, 0.4) is 0 Å². The minimum Gasteiger partial charge on any atom is -0.489 e. The van der Waals surface area contributed by atoms with E-state index in [1.165, 1.54) is 19.4 Å². The molecule has 0 atom stereocenters. The molecule has 1 amide bonds. The first kappa shape index (κ1) is 17.9. The van der Waals surface area contributed by atoms with Crippen molar-refractivity contribution >= 4 is 17.5 Å². The smallest absolute Gasteiger partial charge is 0.420 e. The van der Waals surface area contributed by atoms with Crippen molar-refractivity contribution in [3.63, 3.8) is 0 Å². The molecule has 1 aromatic carbocycles. The number of amides is 1. The highest BCUT2D eigenvalue weighted by Gasteiger charge is 2.39. The van der Waals surface area contributed by atoms with Gasteiger partial charge in [-0.3, -0.25) is 4.90 Å². The molecule has 2 heterocycles. The Hall–Kier alpha value is -2.91. The molecule has 1 aliphatic rings. The van der Waals surface area contributed by atoms with Crippen molar-refractivity contribution in [1.82, 2.24) is 9.97 Å². The second kappa shape index (κ2) is 6.77. The summed E-state index contributed by atoms with van der Waals surface area (Å²) in [5.74, 6) is -0.245. The first-order chi connectivity index (χ1) is 12.3. The number of H-pyrrole nitrogens is 1. The fraction of sp³-hybridized carbons (Fsp3) is 0.375. The molecule has 26 heavy (non-hydrogen) atoms. The predicted molar refractivity (Wildman–Crippen MR) is 87.4 cm³/mol. The van der Waals surface area contributed by atoms with E-state index in [1.807, 2.05) is 0 Å². The number of alkyl halides is 3. The third-order valence-corrected chi connectivity index (χ3v) is 4.06. The number of carbonyl (C=O) groups is 1. The number of rotatable bonds is 3. The van der Waals surface area contributed by atoms with Crippen LogP contribution in [0.25, 0.3) is 0 Å². The van der Waals surface area contributed by atoms with Gasteiger partial charge in [0, 0.05) is 18.9 Å². The molecule has 0 saturated carbocycles. The molecule has 2 aromatic rings. The maximum Gasteiger partial charge on any atom is 0.420 e. The summed E-state index contributed by atoms with van der Waals surface area (Å²) in [4.78, 5) is 21.3. The SMILES string of the molecule is COC(=O)N(C)c1cc2c(c(C(F)(F)F)c1)OCCN2Cc1cnc[nH]1. The van der Waals surface area contributed by atoms with Gasteiger partial charge in [0.2, 0.25) is 0 Å². The lowest BCUT2D eigenvalue weighted by atomic mass is 10.1. The first-order valence-corrected chi connectivity index (χ1v) is 7.73. The fourth-order valence-corrected chi connectivity index (χ4v) is 2.75. The monoisotopic (exact) mass is 370 g/mol. The zero-order valence-corrected chi connectivity index (χ0v) is 14.1. The van der Waals surface area contributed by atoms with E-state index in [0.717, 1.165) is 23.8 Å². The van der Waals surface area contributed by atoms with Crippen LogP contribution in [-0.4, -0.2) is 43.4 Å². The maximum atomic E-state index is 13.6. The lowest BCUT2D eigenvalue weighted by Gasteiger charge is -2.33. The molecular weight excluding hydrogens is 353 g/mol. The summed E-state index contributed by atoms with van der Waals surface area (Å²) >= 11 is 0. The number of methoxy groups -OCH3 is 1. The van der Waals surface area contributed by atoms with Gasteiger partial charge in [0.25, 0.3) is 0 Å². The number of imidazole rings is 1. The normalized spacial score (nSPS) is 13.8. The standard InChI is InChI=1S/C16H17F3N4O3/c1-22(15(24)25-2)11-5-12(16(17,18)19)14-13(6-11)23(3-4-26-14)8-10-7-20-9-21-10/h5-7,9H,3-4,8H2,1-2H3,(H,20,21). The third-order valence-electron chi connectivity index (χ3n) is 4.06. The number of carbonyl (C=O) groups excluding carboxylic acids is 1. The zero-order chi connectivity index (χ0) is 18.9. The second-order valence-corrected chi connectivity index (χ2v) is 5.72. The topological polar surface area (TPSA) is 70.7 Å². The van der Waals surface area contributed by atoms with Crippen molar-refractivity contribution in [1.29, 1.82) is 0 Å². The number of hydrogen-bond donors (Lipinski definition) is 1. The molecule has 1 aliphatic heterocycles. The Labute approximate surface area is 147 Å². The molecular formula is C16H17F3N4O3. The lowest BCUT2D eigenvalue weighted by Crippen LogP contribution is -2.34. The molecule has 1 aromatic heterocycles. The summed E-state index contributed by atoms with van der Waals surface area (Å²) in [7, 11) is 2.51. The van der Waals surface area contributed by atoms with Gasteiger partial charge in [-0.2, -0.15) is 13.2 Å². The van der Waals surface area contributed by atoms with Crippen molar-refractivity contribution in [2.45, 2.75) is 12.7 Å². The molecule has 0 unspecified atom stereocenters. The minimum absolute atomic E-state index is 0.0584. The van der Waals surface area contributed by atoms with E-state index in [9.17, 15) is 18.0 Å². The van der Waals surface area contributed by atoms with Gasteiger partial charge in [-0.05, 0) is 12.1 Å². The minimum atomic E-state index is -4.63.